The predicted octanol–water partition coefficient (Wildman–Crippen LogP) is 3.71. The molecule has 0 bridgehead atoms. The molecule has 0 unspecified atom stereocenters. The first-order chi connectivity index (χ1) is 15.8. The number of amides is 2. The van der Waals surface area contributed by atoms with Gasteiger partial charge in [-0.25, -0.2) is 4.68 Å². The number of carbonyl (C=O) groups is 2. The molecule has 2 aromatic carbocycles. The maximum absolute atomic E-state index is 13.4. The molecule has 2 amide bonds. The van der Waals surface area contributed by atoms with Crippen LogP contribution in [-0.4, -0.2) is 57.6 Å². The van der Waals surface area contributed by atoms with Crippen molar-refractivity contribution < 1.29 is 9.59 Å². The average molecular weight is 466 g/mol. The third-order valence-corrected chi connectivity index (χ3v) is 6.18. The van der Waals surface area contributed by atoms with Gasteiger partial charge in [-0.2, -0.15) is 5.10 Å². The number of halogens is 1. The molecule has 8 heteroatoms. The van der Waals surface area contributed by atoms with E-state index < -0.39 is 5.91 Å². The Labute approximate surface area is 198 Å². The second-order valence-electron chi connectivity index (χ2n) is 8.62. The van der Waals surface area contributed by atoms with Gasteiger partial charge >= 0.3 is 0 Å². The Morgan fingerprint density at radius 3 is 2.36 bits per heavy atom. The van der Waals surface area contributed by atoms with Crippen LogP contribution in [0.25, 0.3) is 5.69 Å². The van der Waals surface area contributed by atoms with Crippen molar-refractivity contribution in [2.75, 3.05) is 26.2 Å². The first-order valence-electron chi connectivity index (χ1n) is 11.1. The maximum Gasteiger partial charge on any atom is 0.257 e. The Morgan fingerprint density at radius 1 is 1.06 bits per heavy atom. The Balaban J connectivity index is 1.44. The van der Waals surface area contributed by atoms with Gasteiger partial charge in [-0.1, -0.05) is 43.6 Å². The van der Waals surface area contributed by atoms with Crippen molar-refractivity contribution in [1.82, 2.24) is 19.6 Å². The summed E-state index contributed by atoms with van der Waals surface area (Å²) in [5, 5.41) is 5.15. The van der Waals surface area contributed by atoms with Crippen molar-refractivity contribution in [3.05, 3.63) is 82.1 Å². The first kappa shape index (κ1) is 23.0. The Bertz CT molecular complexity index is 1150. The number of nitrogens with two attached hydrogens (primary N) is 1. The van der Waals surface area contributed by atoms with Crippen molar-refractivity contribution in [3.8, 4) is 5.69 Å². The number of piperazine rings is 1. The van der Waals surface area contributed by atoms with Gasteiger partial charge in [0, 0.05) is 43.3 Å². The van der Waals surface area contributed by atoms with Gasteiger partial charge in [-0.15, -0.1) is 0 Å². The van der Waals surface area contributed by atoms with Crippen LogP contribution in [0.5, 0.6) is 0 Å². The van der Waals surface area contributed by atoms with Gasteiger partial charge in [0.05, 0.1) is 23.1 Å². The van der Waals surface area contributed by atoms with E-state index in [1.54, 1.807) is 18.3 Å². The fourth-order valence-corrected chi connectivity index (χ4v) is 4.39. The van der Waals surface area contributed by atoms with Crippen LogP contribution in [0.4, 0.5) is 0 Å². The summed E-state index contributed by atoms with van der Waals surface area (Å²) in [7, 11) is 0. The van der Waals surface area contributed by atoms with Crippen molar-refractivity contribution in [2.24, 2.45) is 5.73 Å². The molecule has 3 aromatic rings. The summed E-state index contributed by atoms with van der Waals surface area (Å²) in [6.07, 6.45) is 1.67. The number of nitrogens with zero attached hydrogens (tertiary/aromatic N) is 4. The summed E-state index contributed by atoms with van der Waals surface area (Å²) in [6.45, 7) is 7.76. The highest BCUT2D eigenvalue weighted by Gasteiger charge is 2.27. The highest BCUT2D eigenvalue weighted by molar-refractivity contribution is 6.30. The van der Waals surface area contributed by atoms with E-state index in [-0.39, 0.29) is 11.8 Å². The standard InChI is InChI=1S/C25H28ClN5O2/c1-17(2)23-22(15-28-31(23)21-5-3-4-20(26)14-21)25(33)30-12-10-29(11-13-30)16-18-6-8-19(9-7-18)24(27)32/h3-9,14-15,17H,10-13,16H2,1-2H3,(H2,27,32). The van der Waals surface area contributed by atoms with Gasteiger partial charge < -0.3 is 10.6 Å². The quantitative estimate of drug-likeness (QED) is 0.601. The van der Waals surface area contributed by atoms with E-state index in [4.69, 9.17) is 17.3 Å². The number of primary amides is 1. The molecule has 1 fully saturated rings. The van der Waals surface area contributed by atoms with Gasteiger partial charge in [0.1, 0.15) is 0 Å². The van der Waals surface area contributed by atoms with Crippen LogP contribution >= 0.6 is 11.6 Å². The Morgan fingerprint density at radius 2 is 1.76 bits per heavy atom. The number of rotatable bonds is 6. The van der Waals surface area contributed by atoms with E-state index in [1.165, 1.54) is 0 Å². The lowest BCUT2D eigenvalue weighted by Crippen LogP contribution is -2.48. The number of hydrogen-bond acceptors (Lipinski definition) is 4. The molecule has 4 rings (SSSR count). The van der Waals surface area contributed by atoms with Crippen molar-refractivity contribution in [3.63, 3.8) is 0 Å². The third kappa shape index (κ3) is 5.10. The molecule has 0 aliphatic carbocycles. The molecule has 1 aromatic heterocycles. The van der Waals surface area contributed by atoms with E-state index in [0.29, 0.717) is 29.2 Å². The molecule has 33 heavy (non-hydrogen) atoms. The minimum atomic E-state index is -0.423. The highest BCUT2D eigenvalue weighted by Crippen LogP contribution is 2.26. The highest BCUT2D eigenvalue weighted by atomic mass is 35.5. The number of hydrogen-bond donors (Lipinski definition) is 1. The van der Waals surface area contributed by atoms with Crippen LogP contribution in [0.15, 0.2) is 54.7 Å². The minimum absolute atomic E-state index is 0.0115. The molecule has 1 aliphatic heterocycles. The molecular formula is C25H28ClN5O2. The van der Waals surface area contributed by atoms with Crippen LogP contribution in [-0.2, 0) is 6.54 Å². The molecule has 1 saturated heterocycles. The normalized spacial score (nSPS) is 14.6. The van der Waals surface area contributed by atoms with Gasteiger partial charge in [-0.05, 0) is 41.8 Å². The maximum atomic E-state index is 13.4. The van der Waals surface area contributed by atoms with E-state index in [0.717, 1.165) is 36.6 Å². The van der Waals surface area contributed by atoms with Crippen molar-refractivity contribution >= 4 is 23.4 Å². The lowest BCUT2D eigenvalue weighted by atomic mass is 10.0. The topological polar surface area (TPSA) is 84.5 Å². The zero-order valence-corrected chi connectivity index (χ0v) is 19.6. The van der Waals surface area contributed by atoms with Gasteiger partial charge in [0.25, 0.3) is 5.91 Å². The molecule has 0 saturated carbocycles. The number of carbonyl (C=O) groups excluding carboxylic acids is 2. The fraction of sp³-hybridized carbons (Fsp3) is 0.320. The molecule has 7 nitrogen and oxygen atoms in total. The van der Waals surface area contributed by atoms with Crippen LogP contribution < -0.4 is 5.73 Å². The lowest BCUT2D eigenvalue weighted by molar-refractivity contribution is 0.0627. The average Bonchev–Trinajstić information content (AvgIpc) is 3.25. The molecular weight excluding hydrogens is 438 g/mol. The second kappa shape index (κ2) is 9.77. The number of benzene rings is 2. The molecule has 0 radical (unpaired) electrons. The summed E-state index contributed by atoms with van der Waals surface area (Å²) < 4.78 is 1.82. The smallest absolute Gasteiger partial charge is 0.257 e. The molecule has 0 spiro atoms. The van der Waals surface area contributed by atoms with Gasteiger partial charge in [-0.3, -0.25) is 14.5 Å². The Kier molecular flexibility index (Phi) is 6.81. The Hall–Kier alpha value is -3.16. The van der Waals surface area contributed by atoms with Gasteiger partial charge in [0.15, 0.2) is 0 Å². The zero-order chi connectivity index (χ0) is 23.5. The van der Waals surface area contributed by atoms with Crippen LogP contribution in [0.3, 0.4) is 0 Å². The summed E-state index contributed by atoms with van der Waals surface area (Å²) in [5.74, 6) is -0.291. The summed E-state index contributed by atoms with van der Waals surface area (Å²) in [4.78, 5) is 28.8. The molecule has 0 atom stereocenters. The molecule has 2 heterocycles. The molecule has 172 valence electrons. The summed E-state index contributed by atoms with van der Waals surface area (Å²) in [6, 6.07) is 14.8. The number of aromatic nitrogens is 2. The lowest BCUT2D eigenvalue weighted by Gasteiger charge is -2.35. The van der Waals surface area contributed by atoms with Crippen LogP contribution in [0.2, 0.25) is 5.02 Å². The third-order valence-electron chi connectivity index (χ3n) is 5.94. The van der Waals surface area contributed by atoms with E-state index in [9.17, 15) is 9.59 Å². The summed E-state index contributed by atoms with van der Waals surface area (Å²) in [5.41, 5.74) is 9.31. The van der Waals surface area contributed by atoms with E-state index >= 15 is 0 Å². The SMILES string of the molecule is CC(C)c1c(C(=O)N2CCN(Cc3ccc(C(N)=O)cc3)CC2)cnn1-c1cccc(Cl)c1. The first-order valence-corrected chi connectivity index (χ1v) is 11.5. The molecule has 2 N–H and O–H groups in total. The van der Waals surface area contributed by atoms with E-state index in [2.05, 4.69) is 23.8 Å². The van der Waals surface area contributed by atoms with E-state index in [1.807, 2.05) is 46.0 Å². The van der Waals surface area contributed by atoms with Gasteiger partial charge in [0.2, 0.25) is 5.91 Å². The zero-order valence-electron chi connectivity index (χ0n) is 18.9. The second-order valence-corrected chi connectivity index (χ2v) is 9.06. The monoisotopic (exact) mass is 465 g/mol. The van der Waals surface area contributed by atoms with Crippen molar-refractivity contribution in [1.29, 1.82) is 0 Å². The van der Waals surface area contributed by atoms with Crippen LogP contribution in [0, 0.1) is 0 Å². The fourth-order valence-electron chi connectivity index (χ4n) is 4.20. The van der Waals surface area contributed by atoms with Crippen LogP contribution in [0.1, 0.15) is 51.7 Å². The molecule has 1 aliphatic rings. The summed E-state index contributed by atoms with van der Waals surface area (Å²) >= 11 is 6.17. The predicted molar refractivity (Wildman–Crippen MR) is 129 cm³/mol. The van der Waals surface area contributed by atoms with Crippen molar-refractivity contribution in [2.45, 2.75) is 26.3 Å². The largest absolute Gasteiger partial charge is 0.366 e. The minimum Gasteiger partial charge on any atom is -0.366 e.